The van der Waals surface area contributed by atoms with Gasteiger partial charge >= 0.3 is 0 Å². The molecule has 1 saturated heterocycles. The van der Waals surface area contributed by atoms with Gasteiger partial charge in [-0.05, 0) is 57.0 Å². The molecule has 1 aromatic carbocycles. The summed E-state index contributed by atoms with van der Waals surface area (Å²) in [6.45, 7) is 5.53. The van der Waals surface area contributed by atoms with Crippen LogP contribution in [-0.4, -0.2) is 44.1 Å². The number of nitrogens with zero attached hydrogens (tertiary/aromatic N) is 4. The van der Waals surface area contributed by atoms with Crippen molar-refractivity contribution < 1.29 is 4.39 Å². The minimum absolute atomic E-state index is 0.186. The molecule has 0 aliphatic carbocycles. The van der Waals surface area contributed by atoms with Gasteiger partial charge in [0.25, 0.3) is 5.56 Å². The van der Waals surface area contributed by atoms with Gasteiger partial charge < -0.3 is 5.32 Å². The molecular formula is C21H23FN6O. The zero-order valence-electron chi connectivity index (χ0n) is 16.4. The van der Waals surface area contributed by atoms with Crippen molar-refractivity contribution in [3.8, 4) is 11.3 Å². The fourth-order valence-electron chi connectivity index (χ4n) is 3.45. The van der Waals surface area contributed by atoms with Crippen LogP contribution in [0.5, 0.6) is 0 Å². The van der Waals surface area contributed by atoms with Crippen molar-refractivity contribution in [3.05, 3.63) is 58.3 Å². The molecule has 2 N–H and O–H groups in total. The van der Waals surface area contributed by atoms with Gasteiger partial charge in [-0.3, -0.25) is 4.79 Å². The Balaban J connectivity index is 0.000000249. The van der Waals surface area contributed by atoms with E-state index in [4.69, 9.17) is 0 Å². The first kappa shape index (κ1) is 19.2. The monoisotopic (exact) mass is 394 g/mol. The Labute approximate surface area is 167 Å². The van der Waals surface area contributed by atoms with Gasteiger partial charge in [0.1, 0.15) is 6.17 Å². The Hall–Kier alpha value is -3.13. The quantitative estimate of drug-likeness (QED) is 0.518. The van der Waals surface area contributed by atoms with E-state index in [9.17, 15) is 9.18 Å². The van der Waals surface area contributed by atoms with Crippen LogP contribution in [0.3, 0.4) is 0 Å². The number of aryl methyl sites for hydroxylation is 2. The highest BCUT2D eigenvalue weighted by atomic mass is 19.1. The molecule has 0 spiro atoms. The van der Waals surface area contributed by atoms with Crippen LogP contribution in [0.1, 0.15) is 24.1 Å². The molecule has 0 radical (unpaired) electrons. The number of aromatic amines is 1. The van der Waals surface area contributed by atoms with E-state index in [1.807, 2.05) is 38.2 Å². The van der Waals surface area contributed by atoms with E-state index in [-0.39, 0.29) is 5.56 Å². The molecule has 0 saturated carbocycles. The molecule has 150 valence electrons. The van der Waals surface area contributed by atoms with Crippen LogP contribution >= 0.6 is 0 Å². The molecular weight excluding hydrogens is 371 g/mol. The average Bonchev–Trinajstić information content (AvgIpc) is 3.10. The summed E-state index contributed by atoms with van der Waals surface area (Å²) in [5, 5.41) is 15.3. The van der Waals surface area contributed by atoms with Crippen LogP contribution in [0, 0.1) is 13.8 Å². The number of benzene rings is 1. The predicted octanol–water partition coefficient (Wildman–Crippen LogP) is 2.96. The van der Waals surface area contributed by atoms with Gasteiger partial charge in [0.2, 0.25) is 0 Å². The molecule has 5 rings (SSSR count). The number of hydrogen-bond acceptors (Lipinski definition) is 5. The van der Waals surface area contributed by atoms with E-state index in [1.54, 1.807) is 16.8 Å². The summed E-state index contributed by atoms with van der Waals surface area (Å²) in [4.78, 5) is 16.2. The molecule has 1 atom stereocenters. The third-order valence-electron chi connectivity index (χ3n) is 4.93. The van der Waals surface area contributed by atoms with Gasteiger partial charge in [-0.15, -0.1) is 0 Å². The lowest BCUT2D eigenvalue weighted by atomic mass is 10.1. The van der Waals surface area contributed by atoms with Crippen molar-refractivity contribution in [1.29, 1.82) is 0 Å². The van der Waals surface area contributed by atoms with Gasteiger partial charge in [0.15, 0.2) is 5.65 Å². The first-order chi connectivity index (χ1) is 14.0. The number of piperidine rings is 1. The Morgan fingerprint density at radius 3 is 2.83 bits per heavy atom. The normalized spacial score (nSPS) is 16.6. The number of aromatic nitrogens is 5. The second-order valence-corrected chi connectivity index (χ2v) is 7.31. The van der Waals surface area contributed by atoms with E-state index >= 15 is 0 Å². The van der Waals surface area contributed by atoms with E-state index in [0.717, 1.165) is 52.9 Å². The van der Waals surface area contributed by atoms with Gasteiger partial charge in [-0.1, -0.05) is 6.07 Å². The average molecular weight is 394 g/mol. The molecule has 4 heterocycles. The Kier molecular flexibility index (Phi) is 5.35. The lowest BCUT2D eigenvalue weighted by molar-refractivity contribution is 0.266. The second-order valence-electron chi connectivity index (χ2n) is 7.31. The first-order valence-corrected chi connectivity index (χ1v) is 9.67. The number of alkyl halides is 1. The standard InChI is InChI=1S/C16H13N5O.C5H10FN/c1-9-5-14(20-21-8-10(2)18-15(9)21)11-3-4-13-12(6-11)7-17-19-16(13)22;6-5-2-1-3-7-4-5/h3-8H,1-2H3,(H,19,22);5,7H,1-4H2. The Morgan fingerprint density at radius 1 is 1.24 bits per heavy atom. The zero-order chi connectivity index (χ0) is 20.4. The highest BCUT2D eigenvalue weighted by Gasteiger charge is 2.10. The van der Waals surface area contributed by atoms with Gasteiger partial charge in [-0.2, -0.15) is 10.2 Å². The van der Waals surface area contributed by atoms with Crippen molar-refractivity contribution in [1.82, 2.24) is 30.1 Å². The van der Waals surface area contributed by atoms with Gasteiger partial charge in [0.05, 0.1) is 29.2 Å². The van der Waals surface area contributed by atoms with Crippen molar-refractivity contribution >= 4 is 16.4 Å². The summed E-state index contributed by atoms with van der Waals surface area (Å²) >= 11 is 0. The van der Waals surface area contributed by atoms with E-state index in [1.165, 1.54) is 0 Å². The topological polar surface area (TPSA) is 88.0 Å². The lowest BCUT2D eigenvalue weighted by Gasteiger charge is -2.14. The van der Waals surface area contributed by atoms with Crippen LogP contribution in [0.4, 0.5) is 4.39 Å². The van der Waals surface area contributed by atoms with Crippen LogP contribution in [0.2, 0.25) is 0 Å². The number of hydrogen-bond donors (Lipinski definition) is 2. The zero-order valence-corrected chi connectivity index (χ0v) is 16.4. The Morgan fingerprint density at radius 2 is 2.10 bits per heavy atom. The summed E-state index contributed by atoms with van der Waals surface area (Å²) in [6.07, 6.45) is 4.73. The fourth-order valence-corrected chi connectivity index (χ4v) is 3.45. The van der Waals surface area contributed by atoms with Crippen LogP contribution < -0.4 is 10.9 Å². The summed E-state index contributed by atoms with van der Waals surface area (Å²) in [5.41, 5.74) is 4.44. The number of imidazole rings is 1. The third kappa shape index (κ3) is 4.17. The molecule has 1 fully saturated rings. The highest BCUT2D eigenvalue weighted by molar-refractivity contribution is 5.85. The third-order valence-corrected chi connectivity index (χ3v) is 4.93. The molecule has 1 aliphatic rings. The van der Waals surface area contributed by atoms with Crippen molar-refractivity contribution in [2.45, 2.75) is 32.9 Å². The number of nitrogens with one attached hydrogen (secondary N) is 2. The van der Waals surface area contributed by atoms with Crippen molar-refractivity contribution in [3.63, 3.8) is 0 Å². The van der Waals surface area contributed by atoms with Crippen molar-refractivity contribution in [2.75, 3.05) is 13.1 Å². The fraction of sp³-hybridized carbons (Fsp3) is 0.333. The smallest absolute Gasteiger partial charge is 0.272 e. The molecule has 3 aromatic heterocycles. The molecule has 1 aliphatic heterocycles. The molecule has 4 aromatic rings. The Bertz CT molecular complexity index is 1210. The number of halogens is 1. The molecule has 1 unspecified atom stereocenters. The summed E-state index contributed by atoms with van der Waals surface area (Å²) in [7, 11) is 0. The molecule has 0 bridgehead atoms. The second kappa shape index (κ2) is 8.08. The molecule has 0 amide bonds. The van der Waals surface area contributed by atoms with Gasteiger partial charge in [-0.25, -0.2) is 19.0 Å². The number of rotatable bonds is 1. The largest absolute Gasteiger partial charge is 0.314 e. The predicted molar refractivity (Wildman–Crippen MR) is 111 cm³/mol. The van der Waals surface area contributed by atoms with Crippen LogP contribution in [-0.2, 0) is 0 Å². The minimum atomic E-state index is -0.575. The molecule has 7 nitrogen and oxygen atoms in total. The summed E-state index contributed by atoms with van der Waals surface area (Å²) in [6, 6.07) is 7.62. The molecule has 8 heteroatoms. The highest BCUT2D eigenvalue weighted by Crippen LogP contribution is 2.23. The van der Waals surface area contributed by atoms with Crippen LogP contribution in [0.15, 0.2) is 41.5 Å². The number of fused-ring (bicyclic) bond motifs is 2. The summed E-state index contributed by atoms with van der Waals surface area (Å²) in [5.74, 6) is 0. The summed E-state index contributed by atoms with van der Waals surface area (Å²) < 4.78 is 13.9. The maximum Gasteiger partial charge on any atom is 0.272 e. The number of H-pyrrole nitrogens is 1. The molecule has 29 heavy (non-hydrogen) atoms. The van der Waals surface area contributed by atoms with E-state index < -0.39 is 6.17 Å². The van der Waals surface area contributed by atoms with E-state index in [2.05, 4.69) is 25.6 Å². The first-order valence-electron chi connectivity index (χ1n) is 9.67. The maximum absolute atomic E-state index is 12.1. The lowest BCUT2D eigenvalue weighted by Crippen LogP contribution is -2.30. The van der Waals surface area contributed by atoms with Gasteiger partial charge in [0, 0.05) is 17.5 Å². The maximum atomic E-state index is 12.1. The minimum Gasteiger partial charge on any atom is -0.314 e. The SMILES string of the molecule is Cc1cn2nc(-c3ccc4c(=O)[nH]ncc4c3)cc(C)c2n1.FC1CCCNC1. The van der Waals surface area contributed by atoms with E-state index in [0.29, 0.717) is 11.9 Å². The van der Waals surface area contributed by atoms with Crippen molar-refractivity contribution in [2.24, 2.45) is 0 Å². The van der Waals surface area contributed by atoms with Crippen LogP contribution in [0.25, 0.3) is 27.7 Å².